The smallest absolute Gasteiger partial charge is 0.326 e. The van der Waals surface area contributed by atoms with Crippen molar-refractivity contribution < 1.29 is 83.1 Å². The summed E-state index contributed by atoms with van der Waals surface area (Å²) in [6, 6.07) is -13.1. The van der Waals surface area contributed by atoms with Crippen LogP contribution in [0.5, 0.6) is 0 Å². The van der Waals surface area contributed by atoms with Gasteiger partial charge in [0.25, 0.3) is 0 Å². The van der Waals surface area contributed by atoms with Crippen LogP contribution >= 0.6 is 0 Å². The lowest BCUT2D eigenvalue weighted by molar-refractivity contribution is -0.144. The van der Waals surface area contributed by atoms with Crippen molar-refractivity contribution in [1.82, 2.24) is 37.2 Å². The number of hydrogen-bond acceptors (Lipinski definition) is 14. The first-order valence-electron chi connectivity index (χ1n) is 17.5. The van der Waals surface area contributed by atoms with Gasteiger partial charge in [0.05, 0.1) is 25.5 Å². The molecule has 0 unspecified atom stereocenters. The molecular weight excluding hydrogens is 782 g/mol. The Kier molecular flexibility index (Phi) is 22.2. The van der Waals surface area contributed by atoms with Crippen LogP contribution in [-0.4, -0.2) is 152 Å². The Morgan fingerprint density at radius 1 is 0.466 bits per heavy atom. The zero-order chi connectivity index (χ0) is 45.0. The third-order valence-electron chi connectivity index (χ3n) is 7.93. The second kappa shape index (κ2) is 24.9. The van der Waals surface area contributed by atoms with E-state index in [1.54, 1.807) is 13.8 Å². The Morgan fingerprint density at radius 2 is 0.828 bits per heavy atom. The van der Waals surface area contributed by atoms with Crippen molar-refractivity contribution in [1.29, 1.82) is 0 Å². The van der Waals surface area contributed by atoms with Gasteiger partial charge in [-0.1, -0.05) is 13.8 Å². The second-order valence-corrected chi connectivity index (χ2v) is 13.2. The number of carbonyl (C=O) groups excluding carboxylic acids is 8. The van der Waals surface area contributed by atoms with Gasteiger partial charge in [-0.05, 0) is 32.6 Å². The molecule has 0 heterocycles. The predicted molar refractivity (Wildman–Crippen MR) is 192 cm³/mol. The minimum atomic E-state index is -1.90. The highest BCUT2D eigenvalue weighted by Gasteiger charge is 2.34. The first-order valence-corrected chi connectivity index (χ1v) is 17.5. The van der Waals surface area contributed by atoms with E-state index < -0.39 is 165 Å². The highest BCUT2D eigenvalue weighted by atomic mass is 16.4. The van der Waals surface area contributed by atoms with E-state index in [1.165, 1.54) is 6.92 Å². The third kappa shape index (κ3) is 19.4. The second-order valence-electron chi connectivity index (χ2n) is 13.2. The van der Waals surface area contributed by atoms with E-state index in [9.17, 15) is 78.0 Å². The van der Waals surface area contributed by atoms with Gasteiger partial charge in [0.1, 0.15) is 42.3 Å². The molecule has 0 spiro atoms. The van der Waals surface area contributed by atoms with E-state index in [4.69, 9.17) is 16.6 Å². The van der Waals surface area contributed by atoms with Gasteiger partial charge in [-0.15, -0.1) is 0 Å². The van der Waals surface area contributed by atoms with Crippen molar-refractivity contribution in [2.75, 3.05) is 6.61 Å². The van der Waals surface area contributed by atoms with Gasteiger partial charge in [-0.2, -0.15) is 0 Å². The fourth-order valence-electron chi connectivity index (χ4n) is 4.52. The molecule has 0 aliphatic rings. The van der Waals surface area contributed by atoms with Gasteiger partial charge in [0.2, 0.25) is 47.3 Å². The van der Waals surface area contributed by atoms with E-state index in [1.807, 2.05) is 10.6 Å². The minimum Gasteiger partial charge on any atom is -0.481 e. The van der Waals surface area contributed by atoms with Gasteiger partial charge in [-0.3, -0.25) is 52.7 Å². The Balaban J connectivity index is 5.97. The van der Waals surface area contributed by atoms with E-state index >= 15 is 0 Å². The number of nitrogens with two attached hydrogens (primary N) is 2. The Hall–Kier alpha value is -6.44. The van der Waals surface area contributed by atoms with Crippen molar-refractivity contribution in [2.45, 2.75) is 115 Å². The van der Waals surface area contributed by atoms with Crippen molar-refractivity contribution in [3.63, 3.8) is 0 Å². The Bertz CT molecular complexity index is 1570. The van der Waals surface area contributed by atoms with Crippen LogP contribution < -0.4 is 48.7 Å². The van der Waals surface area contributed by atoms with E-state index in [0.717, 1.165) is 6.92 Å². The highest BCUT2D eigenvalue weighted by molar-refractivity contribution is 5.98. The van der Waals surface area contributed by atoms with E-state index in [2.05, 4.69) is 26.6 Å². The number of carboxylic acids is 4. The molecule has 0 aliphatic heterocycles. The molecule has 26 nitrogen and oxygen atoms in total. The molecule has 8 amide bonds. The summed E-state index contributed by atoms with van der Waals surface area (Å²) in [4.78, 5) is 147. The molecule has 0 radical (unpaired) electrons. The Morgan fingerprint density at radius 3 is 1.21 bits per heavy atom. The molecule has 0 fully saturated rings. The van der Waals surface area contributed by atoms with Gasteiger partial charge in [0, 0.05) is 12.8 Å². The normalized spacial score (nSPS) is 14.9. The number of aliphatic carboxylic acids is 4. The molecule has 0 aromatic heterocycles. The maximum Gasteiger partial charge on any atom is 0.326 e. The molecular formula is C32H51N9O17. The SMILES string of the molecule is CC(C)[C@H](N)C(=O)N[C@@H](C)C(=O)N[C@@H](CC(=O)O)C(=O)N[C@@H](CCC(=O)O)C(=O)N[C@@H](CO)C(=O)N[C@@H](C)C(=O)N[C@@H](CCC(=O)O)C(=O)N[C@@H](CC(N)=O)C(=O)O. The molecule has 0 saturated heterocycles. The molecule has 58 heavy (non-hydrogen) atoms. The standard InChI is InChI=1S/C32H51N9O17/c1-12(2)24(34)31(56)36-14(4)26(51)39-17(10-23(48)49)29(54)38-16(6-8-22(46)47)28(53)41-19(11-42)30(55)35-13(3)25(50)37-15(5-7-21(44)45)27(52)40-18(32(57)58)9-20(33)43/h12-19,24,42H,5-11,34H2,1-4H3,(H2,33,43)(H,35,55)(H,36,56)(H,37,50)(H,38,54)(H,39,51)(H,40,52)(H,41,53)(H,44,45)(H,46,47)(H,48,49)(H,57,58)/t13-,14-,15-,16-,17-,18-,19-,24-/m0/s1. The summed E-state index contributed by atoms with van der Waals surface area (Å²) in [5, 5.41) is 61.4. The summed E-state index contributed by atoms with van der Waals surface area (Å²) in [6.45, 7) is 4.39. The quantitative estimate of drug-likeness (QED) is 0.0366. The number of carboxylic acid groups (broad SMARTS) is 4. The first-order chi connectivity index (χ1) is 26.8. The summed E-state index contributed by atoms with van der Waals surface area (Å²) in [5.41, 5.74) is 10.7. The molecule has 0 bridgehead atoms. The fourth-order valence-corrected chi connectivity index (χ4v) is 4.52. The average Bonchev–Trinajstić information content (AvgIpc) is 3.11. The Labute approximate surface area is 329 Å². The number of rotatable bonds is 27. The lowest BCUT2D eigenvalue weighted by Crippen LogP contribution is -2.60. The molecule has 0 aromatic rings. The van der Waals surface area contributed by atoms with Gasteiger partial charge in [-0.25, -0.2) is 4.79 Å². The van der Waals surface area contributed by atoms with Crippen LogP contribution in [0.25, 0.3) is 0 Å². The zero-order valence-corrected chi connectivity index (χ0v) is 31.9. The first kappa shape index (κ1) is 51.6. The molecule has 0 aromatic carbocycles. The largest absolute Gasteiger partial charge is 0.481 e. The van der Waals surface area contributed by atoms with Crippen molar-refractivity contribution in [2.24, 2.45) is 17.4 Å². The van der Waals surface area contributed by atoms with Crippen molar-refractivity contribution in [3.05, 3.63) is 0 Å². The number of primary amides is 1. The number of aliphatic hydroxyl groups excluding tert-OH is 1. The summed E-state index contributed by atoms with van der Waals surface area (Å²) in [7, 11) is 0. The topological polar surface area (TPSA) is 442 Å². The highest BCUT2D eigenvalue weighted by Crippen LogP contribution is 2.06. The van der Waals surface area contributed by atoms with E-state index in [0.29, 0.717) is 0 Å². The van der Waals surface area contributed by atoms with Gasteiger partial charge >= 0.3 is 23.9 Å². The summed E-state index contributed by atoms with van der Waals surface area (Å²) in [5.74, 6) is -15.6. The van der Waals surface area contributed by atoms with Gasteiger partial charge in [0.15, 0.2) is 0 Å². The maximum atomic E-state index is 13.2. The zero-order valence-electron chi connectivity index (χ0n) is 31.9. The number of hydrogen-bond donors (Lipinski definition) is 14. The fraction of sp³-hybridized carbons (Fsp3) is 0.625. The molecule has 16 N–H and O–H groups in total. The number of carbonyl (C=O) groups is 12. The molecule has 0 saturated carbocycles. The maximum absolute atomic E-state index is 13.2. The van der Waals surface area contributed by atoms with Gasteiger partial charge < -0.3 is 74.2 Å². The predicted octanol–water partition coefficient (Wildman–Crippen LogP) is -6.44. The minimum absolute atomic E-state index is 0.317. The average molecular weight is 834 g/mol. The monoisotopic (exact) mass is 833 g/mol. The van der Waals surface area contributed by atoms with Crippen LogP contribution in [0.3, 0.4) is 0 Å². The van der Waals surface area contributed by atoms with Crippen LogP contribution in [0.4, 0.5) is 0 Å². The number of amides is 8. The molecule has 26 heteroatoms. The lowest BCUT2D eigenvalue weighted by Gasteiger charge is -2.26. The van der Waals surface area contributed by atoms with Crippen LogP contribution in [0.2, 0.25) is 0 Å². The van der Waals surface area contributed by atoms with Crippen LogP contribution in [0, 0.1) is 5.92 Å². The summed E-state index contributed by atoms with van der Waals surface area (Å²) >= 11 is 0. The van der Waals surface area contributed by atoms with Crippen LogP contribution in [0.15, 0.2) is 0 Å². The van der Waals surface area contributed by atoms with Crippen molar-refractivity contribution in [3.8, 4) is 0 Å². The van der Waals surface area contributed by atoms with Crippen LogP contribution in [-0.2, 0) is 57.5 Å². The molecule has 326 valence electrons. The molecule has 0 aliphatic carbocycles. The summed E-state index contributed by atoms with van der Waals surface area (Å²) in [6.07, 6.45) is -4.64. The molecule has 0 rings (SSSR count). The number of aliphatic hydroxyl groups is 1. The number of nitrogens with one attached hydrogen (secondary N) is 7. The summed E-state index contributed by atoms with van der Waals surface area (Å²) < 4.78 is 0. The van der Waals surface area contributed by atoms with Crippen molar-refractivity contribution >= 4 is 71.1 Å². The molecule has 8 atom stereocenters. The third-order valence-corrected chi connectivity index (χ3v) is 7.93. The van der Waals surface area contributed by atoms with E-state index in [-0.39, 0.29) is 5.92 Å². The lowest BCUT2D eigenvalue weighted by atomic mass is 10.0. The van der Waals surface area contributed by atoms with Crippen LogP contribution in [0.1, 0.15) is 66.2 Å².